The quantitative estimate of drug-likeness (QED) is 0.887. The average Bonchev–Trinajstić information content (AvgIpc) is 3.02. The van der Waals surface area contributed by atoms with E-state index in [-0.39, 0.29) is 12.5 Å². The molecule has 1 atom stereocenters. The van der Waals surface area contributed by atoms with E-state index in [0.29, 0.717) is 10.4 Å². The summed E-state index contributed by atoms with van der Waals surface area (Å²) in [6, 6.07) is 1.92. The molecular formula is C15H21N3O2S. The Labute approximate surface area is 128 Å². The van der Waals surface area contributed by atoms with Crippen LogP contribution in [-0.4, -0.2) is 27.3 Å². The summed E-state index contributed by atoms with van der Waals surface area (Å²) in [5.74, 6) is -0.146. The molecule has 0 saturated carbocycles. The Kier molecular flexibility index (Phi) is 4.49. The molecule has 2 heterocycles. The normalized spacial score (nSPS) is 14.0. The molecule has 0 aromatic carbocycles. The number of carbonyl (C=O) groups is 1. The van der Waals surface area contributed by atoms with Crippen LogP contribution in [0.2, 0.25) is 0 Å². The van der Waals surface area contributed by atoms with E-state index in [1.807, 2.05) is 13.0 Å². The Morgan fingerprint density at radius 3 is 2.81 bits per heavy atom. The lowest BCUT2D eigenvalue weighted by Crippen LogP contribution is -2.38. The highest BCUT2D eigenvalue weighted by atomic mass is 32.1. The molecule has 0 bridgehead atoms. The van der Waals surface area contributed by atoms with Crippen molar-refractivity contribution in [2.75, 3.05) is 6.54 Å². The molecule has 0 aliphatic heterocycles. The maximum atomic E-state index is 12.2. The van der Waals surface area contributed by atoms with Gasteiger partial charge in [0.15, 0.2) is 0 Å². The lowest BCUT2D eigenvalue weighted by molar-refractivity contribution is 0.0527. The summed E-state index contributed by atoms with van der Waals surface area (Å²) in [6.07, 6.45) is 4.27. The molecule has 2 aromatic heterocycles. The van der Waals surface area contributed by atoms with Gasteiger partial charge in [0.05, 0.1) is 17.6 Å². The molecule has 0 aliphatic carbocycles. The van der Waals surface area contributed by atoms with Crippen LogP contribution in [-0.2, 0) is 19.1 Å². The van der Waals surface area contributed by atoms with Gasteiger partial charge in [0.2, 0.25) is 0 Å². The third-order valence-electron chi connectivity index (χ3n) is 3.55. The van der Waals surface area contributed by atoms with Crippen LogP contribution in [0.1, 0.15) is 39.5 Å². The number of thiophene rings is 1. The lowest BCUT2D eigenvalue weighted by Gasteiger charge is -2.22. The number of nitrogens with zero attached hydrogens (tertiary/aromatic N) is 2. The second-order valence-corrected chi connectivity index (χ2v) is 6.66. The van der Waals surface area contributed by atoms with E-state index in [1.165, 1.54) is 21.8 Å². The standard InChI is InChI=1S/C15H21N3O2S/c1-5-11-6-13(21-10(11)2)14(19)16-9-15(3,20)12-7-17-18(4)8-12/h6-8,20H,5,9H2,1-4H3,(H,16,19). The topological polar surface area (TPSA) is 67.2 Å². The van der Waals surface area contributed by atoms with Crippen molar-refractivity contribution in [3.8, 4) is 0 Å². The summed E-state index contributed by atoms with van der Waals surface area (Å²) >= 11 is 1.49. The van der Waals surface area contributed by atoms with Gasteiger partial charge < -0.3 is 10.4 Å². The number of amides is 1. The Hall–Kier alpha value is -1.66. The van der Waals surface area contributed by atoms with Crippen LogP contribution in [0.15, 0.2) is 18.5 Å². The molecule has 0 spiro atoms. The largest absolute Gasteiger partial charge is 0.383 e. The van der Waals surface area contributed by atoms with E-state index < -0.39 is 5.60 Å². The van der Waals surface area contributed by atoms with Crippen LogP contribution in [0.3, 0.4) is 0 Å². The SMILES string of the molecule is CCc1cc(C(=O)NCC(C)(O)c2cnn(C)c2)sc1C. The summed E-state index contributed by atoms with van der Waals surface area (Å²) in [5.41, 5.74) is 0.746. The maximum absolute atomic E-state index is 12.2. The van der Waals surface area contributed by atoms with Crippen LogP contribution in [0.5, 0.6) is 0 Å². The first-order chi connectivity index (χ1) is 9.83. The molecule has 2 aromatic rings. The number of aliphatic hydroxyl groups is 1. The van der Waals surface area contributed by atoms with Crippen molar-refractivity contribution in [2.45, 2.75) is 32.8 Å². The molecule has 2 rings (SSSR count). The van der Waals surface area contributed by atoms with E-state index in [1.54, 1.807) is 31.0 Å². The van der Waals surface area contributed by atoms with Gasteiger partial charge in [0.25, 0.3) is 5.91 Å². The van der Waals surface area contributed by atoms with Crippen LogP contribution in [0.25, 0.3) is 0 Å². The molecule has 1 amide bonds. The third kappa shape index (κ3) is 3.51. The monoisotopic (exact) mass is 307 g/mol. The van der Waals surface area contributed by atoms with Crippen molar-refractivity contribution in [1.29, 1.82) is 0 Å². The fourth-order valence-electron chi connectivity index (χ4n) is 2.12. The van der Waals surface area contributed by atoms with Crippen molar-refractivity contribution in [3.63, 3.8) is 0 Å². The number of nitrogens with one attached hydrogen (secondary N) is 1. The number of hydrogen-bond acceptors (Lipinski definition) is 4. The van der Waals surface area contributed by atoms with Crippen LogP contribution in [0.4, 0.5) is 0 Å². The molecule has 2 N–H and O–H groups in total. The number of hydrogen-bond donors (Lipinski definition) is 2. The highest BCUT2D eigenvalue weighted by Gasteiger charge is 2.26. The van der Waals surface area contributed by atoms with Crippen molar-refractivity contribution in [1.82, 2.24) is 15.1 Å². The van der Waals surface area contributed by atoms with Gasteiger partial charge in [-0.3, -0.25) is 9.48 Å². The van der Waals surface area contributed by atoms with Crippen molar-refractivity contribution in [3.05, 3.63) is 39.3 Å². The maximum Gasteiger partial charge on any atom is 0.261 e. The number of aromatic nitrogens is 2. The van der Waals surface area contributed by atoms with E-state index in [2.05, 4.69) is 17.3 Å². The minimum absolute atomic E-state index is 0.146. The first kappa shape index (κ1) is 15.7. The van der Waals surface area contributed by atoms with Gasteiger partial charge in [-0.1, -0.05) is 6.92 Å². The molecule has 0 fully saturated rings. The molecule has 0 saturated heterocycles. The second-order valence-electron chi connectivity index (χ2n) is 5.40. The Bertz CT molecular complexity index is 643. The zero-order valence-corrected chi connectivity index (χ0v) is 13.6. The summed E-state index contributed by atoms with van der Waals surface area (Å²) in [5, 5.41) is 17.3. The summed E-state index contributed by atoms with van der Waals surface area (Å²) in [4.78, 5) is 14.0. The molecule has 6 heteroatoms. The van der Waals surface area contributed by atoms with Gasteiger partial charge in [0.1, 0.15) is 5.60 Å². The molecular weight excluding hydrogens is 286 g/mol. The van der Waals surface area contributed by atoms with Crippen molar-refractivity contribution < 1.29 is 9.90 Å². The Morgan fingerprint density at radius 1 is 1.57 bits per heavy atom. The molecule has 21 heavy (non-hydrogen) atoms. The molecule has 1 unspecified atom stereocenters. The van der Waals surface area contributed by atoms with Gasteiger partial charge in [0, 0.05) is 23.7 Å². The summed E-state index contributed by atoms with van der Waals surface area (Å²) in [6.45, 7) is 5.91. The van der Waals surface area contributed by atoms with Gasteiger partial charge in [-0.25, -0.2) is 0 Å². The third-order valence-corrected chi connectivity index (χ3v) is 4.64. The number of aryl methyl sites for hydroxylation is 3. The van der Waals surface area contributed by atoms with E-state index in [9.17, 15) is 9.90 Å². The predicted octanol–water partition coefficient (Wildman–Crippen LogP) is 1.99. The Morgan fingerprint density at radius 2 is 2.29 bits per heavy atom. The second kappa shape index (κ2) is 5.99. The predicted molar refractivity (Wildman–Crippen MR) is 83.5 cm³/mol. The van der Waals surface area contributed by atoms with E-state index in [4.69, 9.17) is 0 Å². The molecule has 114 valence electrons. The average molecular weight is 307 g/mol. The van der Waals surface area contributed by atoms with Gasteiger partial charge in [-0.2, -0.15) is 5.10 Å². The zero-order chi connectivity index (χ0) is 15.6. The van der Waals surface area contributed by atoms with Crippen molar-refractivity contribution >= 4 is 17.2 Å². The van der Waals surface area contributed by atoms with Crippen LogP contribution >= 0.6 is 11.3 Å². The van der Waals surface area contributed by atoms with Gasteiger partial charge in [-0.15, -0.1) is 11.3 Å². The zero-order valence-electron chi connectivity index (χ0n) is 12.8. The summed E-state index contributed by atoms with van der Waals surface area (Å²) in [7, 11) is 1.79. The summed E-state index contributed by atoms with van der Waals surface area (Å²) < 4.78 is 1.63. The van der Waals surface area contributed by atoms with Gasteiger partial charge in [-0.05, 0) is 31.9 Å². The lowest BCUT2D eigenvalue weighted by atomic mass is 10.00. The minimum atomic E-state index is -1.14. The van der Waals surface area contributed by atoms with E-state index >= 15 is 0 Å². The first-order valence-corrected chi connectivity index (χ1v) is 7.74. The fourth-order valence-corrected chi connectivity index (χ4v) is 3.15. The molecule has 5 nitrogen and oxygen atoms in total. The van der Waals surface area contributed by atoms with Crippen molar-refractivity contribution in [2.24, 2.45) is 7.05 Å². The first-order valence-electron chi connectivity index (χ1n) is 6.92. The van der Waals surface area contributed by atoms with E-state index in [0.717, 1.165) is 6.42 Å². The number of carbonyl (C=O) groups excluding carboxylic acids is 1. The van der Waals surface area contributed by atoms with Crippen LogP contribution in [0, 0.1) is 6.92 Å². The number of rotatable bonds is 5. The fraction of sp³-hybridized carbons (Fsp3) is 0.467. The highest BCUT2D eigenvalue weighted by Crippen LogP contribution is 2.23. The van der Waals surface area contributed by atoms with Gasteiger partial charge >= 0.3 is 0 Å². The highest BCUT2D eigenvalue weighted by molar-refractivity contribution is 7.14. The molecule has 0 aliphatic rings. The van der Waals surface area contributed by atoms with Crippen LogP contribution < -0.4 is 5.32 Å². The smallest absolute Gasteiger partial charge is 0.261 e. The molecule has 0 radical (unpaired) electrons. The Balaban J connectivity index is 2.03. The minimum Gasteiger partial charge on any atom is -0.383 e.